The molecule has 1 aliphatic carbocycles. The fourth-order valence-corrected chi connectivity index (χ4v) is 3.80. The van der Waals surface area contributed by atoms with Crippen LogP contribution in [0.4, 0.5) is 11.6 Å². The van der Waals surface area contributed by atoms with Crippen molar-refractivity contribution in [1.82, 2.24) is 20.3 Å². The maximum absolute atomic E-state index is 12.0. The third-order valence-electron chi connectivity index (χ3n) is 6.33. The van der Waals surface area contributed by atoms with E-state index in [2.05, 4.69) is 44.7 Å². The van der Waals surface area contributed by atoms with E-state index in [9.17, 15) is 4.79 Å². The van der Waals surface area contributed by atoms with Gasteiger partial charge in [0.2, 0.25) is 0 Å². The number of anilines is 2. The number of hydrogen-bond donors (Lipinski definition) is 3. The first-order valence-electron chi connectivity index (χ1n) is 11.7. The van der Waals surface area contributed by atoms with Gasteiger partial charge in [0.05, 0.1) is 12.8 Å². The number of benzene rings is 1. The predicted octanol–water partition coefficient (Wildman–Crippen LogP) is 4.33. The number of rotatable bonds is 10. The van der Waals surface area contributed by atoms with E-state index in [1.54, 1.807) is 26.6 Å². The van der Waals surface area contributed by atoms with Gasteiger partial charge in [-0.15, -0.1) is 0 Å². The summed E-state index contributed by atoms with van der Waals surface area (Å²) in [5, 5.41) is 9.48. The summed E-state index contributed by atoms with van der Waals surface area (Å²) >= 11 is 0. The van der Waals surface area contributed by atoms with E-state index >= 15 is 0 Å². The average molecular weight is 461 g/mol. The molecule has 178 valence electrons. The van der Waals surface area contributed by atoms with Crippen molar-refractivity contribution in [3.05, 3.63) is 60.0 Å². The first-order chi connectivity index (χ1) is 16.5. The van der Waals surface area contributed by atoms with Gasteiger partial charge in [-0.25, -0.2) is 15.0 Å². The zero-order valence-corrected chi connectivity index (χ0v) is 20.1. The minimum atomic E-state index is -0.129. The Bertz CT molecular complexity index is 1130. The SMILES string of the molecule is CNC(=O)c1ccc(C(C)[C@H](C)CNc2cc(-c3ccc(NC4CC4)nc3)ncn2)c(OC)c1. The van der Waals surface area contributed by atoms with Gasteiger partial charge in [-0.2, -0.15) is 0 Å². The molecule has 8 heteroatoms. The van der Waals surface area contributed by atoms with E-state index < -0.39 is 0 Å². The van der Waals surface area contributed by atoms with Gasteiger partial charge in [0, 0.05) is 43.0 Å². The highest BCUT2D eigenvalue weighted by Gasteiger charge is 2.21. The zero-order valence-electron chi connectivity index (χ0n) is 20.1. The first kappa shape index (κ1) is 23.5. The van der Waals surface area contributed by atoms with Crippen molar-refractivity contribution < 1.29 is 9.53 Å². The maximum Gasteiger partial charge on any atom is 0.251 e. The summed E-state index contributed by atoms with van der Waals surface area (Å²) in [5.41, 5.74) is 3.43. The number of aromatic nitrogens is 3. The molecule has 1 amide bonds. The minimum absolute atomic E-state index is 0.129. The predicted molar refractivity (Wildman–Crippen MR) is 134 cm³/mol. The summed E-state index contributed by atoms with van der Waals surface area (Å²) in [7, 11) is 3.25. The summed E-state index contributed by atoms with van der Waals surface area (Å²) in [5.74, 6) is 2.75. The van der Waals surface area contributed by atoms with Crippen LogP contribution in [0, 0.1) is 5.92 Å². The van der Waals surface area contributed by atoms with Crippen LogP contribution in [-0.4, -0.2) is 47.6 Å². The summed E-state index contributed by atoms with van der Waals surface area (Å²) in [6, 6.07) is 12.2. The van der Waals surface area contributed by atoms with Crippen LogP contribution in [0.25, 0.3) is 11.3 Å². The number of carbonyl (C=O) groups excluding carboxylic acids is 1. The molecule has 0 spiro atoms. The van der Waals surface area contributed by atoms with E-state index in [0.29, 0.717) is 11.6 Å². The van der Waals surface area contributed by atoms with Crippen LogP contribution < -0.4 is 20.7 Å². The van der Waals surface area contributed by atoms with Crippen molar-refractivity contribution in [2.45, 2.75) is 38.6 Å². The quantitative estimate of drug-likeness (QED) is 0.414. The second kappa shape index (κ2) is 10.5. The van der Waals surface area contributed by atoms with Gasteiger partial charge in [0.1, 0.15) is 23.7 Å². The maximum atomic E-state index is 12.0. The number of hydrogen-bond acceptors (Lipinski definition) is 7. The molecule has 2 aromatic heterocycles. The third-order valence-corrected chi connectivity index (χ3v) is 6.33. The number of nitrogens with one attached hydrogen (secondary N) is 3. The third kappa shape index (κ3) is 5.62. The van der Waals surface area contributed by atoms with E-state index in [4.69, 9.17) is 4.74 Å². The second-order valence-corrected chi connectivity index (χ2v) is 8.82. The van der Waals surface area contributed by atoms with E-state index in [1.807, 2.05) is 36.5 Å². The van der Waals surface area contributed by atoms with Crippen LogP contribution in [0.1, 0.15) is 48.5 Å². The van der Waals surface area contributed by atoms with Crippen molar-refractivity contribution in [2.24, 2.45) is 5.92 Å². The van der Waals surface area contributed by atoms with Crippen molar-refractivity contribution in [3.8, 4) is 17.0 Å². The molecule has 2 heterocycles. The standard InChI is InChI=1S/C26H32N6O2/c1-16(17(2)21-9-5-18(26(33)27-3)11-23(21)34-4)13-28-25-12-22(30-15-31-25)19-6-10-24(29-14-19)32-20-7-8-20/h5-6,9-12,14-17,20H,7-8,13H2,1-4H3,(H,27,33)(H,29,32)(H,28,30,31)/t16-,17?/m1/s1. The first-order valence-corrected chi connectivity index (χ1v) is 11.7. The van der Waals surface area contributed by atoms with Gasteiger partial charge < -0.3 is 20.7 Å². The number of amides is 1. The molecule has 34 heavy (non-hydrogen) atoms. The monoisotopic (exact) mass is 460 g/mol. The van der Waals surface area contributed by atoms with Gasteiger partial charge in [-0.1, -0.05) is 19.9 Å². The molecule has 1 saturated carbocycles. The lowest BCUT2D eigenvalue weighted by molar-refractivity contribution is 0.0962. The van der Waals surface area contributed by atoms with Crippen LogP contribution in [0.2, 0.25) is 0 Å². The van der Waals surface area contributed by atoms with Crippen LogP contribution in [-0.2, 0) is 0 Å². The molecule has 2 atom stereocenters. The molecule has 0 bridgehead atoms. The van der Waals surface area contributed by atoms with Crippen LogP contribution in [0.3, 0.4) is 0 Å². The molecule has 1 fully saturated rings. The molecule has 1 aromatic carbocycles. The smallest absolute Gasteiger partial charge is 0.251 e. The number of methoxy groups -OCH3 is 1. The lowest BCUT2D eigenvalue weighted by Crippen LogP contribution is -2.20. The number of nitrogens with zero attached hydrogens (tertiary/aromatic N) is 3. The fraction of sp³-hybridized carbons (Fsp3) is 0.385. The Labute approximate surface area is 200 Å². The molecule has 0 aliphatic heterocycles. The number of pyridine rings is 1. The number of ether oxygens (including phenoxy) is 1. The lowest BCUT2D eigenvalue weighted by Gasteiger charge is -2.23. The highest BCUT2D eigenvalue weighted by molar-refractivity contribution is 5.94. The Morgan fingerprint density at radius 1 is 1.09 bits per heavy atom. The molecule has 1 unspecified atom stereocenters. The Kier molecular flexibility index (Phi) is 7.25. The van der Waals surface area contributed by atoms with Gasteiger partial charge in [0.15, 0.2) is 0 Å². The average Bonchev–Trinajstić information content (AvgIpc) is 3.70. The molecular weight excluding hydrogens is 428 g/mol. The lowest BCUT2D eigenvalue weighted by atomic mass is 9.87. The van der Waals surface area contributed by atoms with Gasteiger partial charge in [-0.05, 0) is 54.5 Å². The highest BCUT2D eigenvalue weighted by Crippen LogP contribution is 2.33. The summed E-state index contributed by atoms with van der Waals surface area (Å²) in [6.45, 7) is 5.07. The van der Waals surface area contributed by atoms with Gasteiger partial charge in [0.25, 0.3) is 5.91 Å². The zero-order chi connectivity index (χ0) is 24.1. The van der Waals surface area contributed by atoms with Gasteiger partial charge in [-0.3, -0.25) is 4.79 Å². The normalized spacial score (nSPS) is 14.7. The van der Waals surface area contributed by atoms with Crippen LogP contribution in [0.15, 0.2) is 48.9 Å². The van der Waals surface area contributed by atoms with E-state index in [1.165, 1.54) is 12.8 Å². The molecule has 0 saturated heterocycles. The largest absolute Gasteiger partial charge is 0.496 e. The summed E-state index contributed by atoms with van der Waals surface area (Å²) in [6.07, 6.45) is 5.85. The molecule has 3 aromatic rings. The molecule has 3 N–H and O–H groups in total. The van der Waals surface area contributed by atoms with Gasteiger partial charge >= 0.3 is 0 Å². The van der Waals surface area contributed by atoms with E-state index in [0.717, 1.165) is 40.8 Å². The number of carbonyl (C=O) groups is 1. The van der Waals surface area contributed by atoms with Crippen molar-refractivity contribution in [2.75, 3.05) is 31.3 Å². The molecule has 4 rings (SSSR count). The molecule has 1 aliphatic rings. The van der Waals surface area contributed by atoms with Crippen molar-refractivity contribution in [3.63, 3.8) is 0 Å². The van der Waals surface area contributed by atoms with E-state index in [-0.39, 0.29) is 17.7 Å². The Balaban J connectivity index is 1.40. The second-order valence-electron chi connectivity index (χ2n) is 8.82. The highest BCUT2D eigenvalue weighted by atomic mass is 16.5. The Hall–Kier alpha value is -3.68. The van der Waals surface area contributed by atoms with Crippen molar-refractivity contribution in [1.29, 1.82) is 0 Å². The Morgan fingerprint density at radius 2 is 1.91 bits per heavy atom. The molecule has 8 nitrogen and oxygen atoms in total. The molecule has 0 radical (unpaired) electrons. The summed E-state index contributed by atoms with van der Waals surface area (Å²) in [4.78, 5) is 25.3. The fourth-order valence-electron chi connectivity index (χ4n) is 3.80. The Morgan fingerprint density at radius 3 is 2.59 bits per heavy atom. The summed E-state index contributed by atoms with van der Waals surface area (Å²) < 4.78 is 5.58. The van der Waals surface area contributed by atoms with Crippen LogP contribution in [0.5, 0.6) is 5.75 Å². The van der Waals surface area contributed by atoms with Crippen molar-refractivity contribution >= 4 is 17.5 Å². The van der Waals surface area contributed by atoms with Crippen LogP contribution >= 0.6 is 0 Å². The molecular formula is C26H32N6O2. The topological polar surface area (TPSA) is 101 Å². The minimum Gasteiger partial charge on any atom is -0.496 e.